The maximum Gasteiger partial charge on any atom is 0.265 e. The largest absolute Gasteiger partial charge is 0.324 e. The van der Waals surface area contributed by atoms with Crippen molar-refractivity contribution >= 4 is 27.3 Å². The number of aryl methyl sites for hydroxylation is 1. The number of carbonyl (C=O) groups is 1. The molecule has 4 rings (SSSR count). The lowest BCUT2D eigenvalue weighted by Crippen LogP contribution is -2.40. The minimum atomic E-state index is -3.97. The second kappa shape index (κ2) is 6.97. The molecule has 0 saturated carbocycles. The van der Waals surface area contributed by atoms with Gasteiger partial charge in [-0.15, -0.1) is 0 Å². The summed E-state index contributed by atoms with van der Waals surface area (Å²) in [7, 11) is -3.97. The van der Waals surface area contributed by atoms with Crippen LogP contribution in [0.3, 0.4) is 0 Å². The Morgan fingerprint density at radius 2 is 1.72 bits per heavy atom. The van der Waals surface area contributed by atoms with E-state index in [1.807, 2.05) is 13.0 Å². The first-order valence-electron chi connectivity index (χ1n) is 8.75. The monoisotopic (exact) mass is 414 g/mol. The Bertz CT molecular complexity index is 1240. The van der Waals surface area contributed by atoms with Gasteiger partial charge in [0.1, 0.15) is 6.54 Å². The molecule has 0 aromatic heterocycles. The van der Waals surface area contributed by atoms with Crippen LogP contribution in [-0.4, -0.2) is 20.9 Å². The quantitative estimate of drug-likeness (QED) is 0.702. The van der Waals surface area contributed by atoms with Crippen molar-refractivity contribution in [3.8, 4) is 11.1 Å². The number of hydrogen-bond donors (Lipinski definition) is 1. The topological polar surface area (TPSA) is 66.5 Å². The van der Waals surface area contributed by atoms with E-state index in [2.05, 4.69) is 5.32 Å². The van der Waals surface area contributed by atoms with Crippen molar-refractivity contribution in [2.24, 2.45) is 0 Å². The Morgan fingerprint density at radius 3 is 2.48 bits per heavy atom. The molecule has 1 aliphatic rings. The van der Waals surface area contributed by atoms with Crippen molar-refractivity contribution in [2.75, 3.05) is 16.2 Å². The van der Waals surface area contributed by atoms with Crippen molar-refractivity contribution in [1.82, 2.24) is 0 Å². The lowest BCUT2D eigenvalue weighted by atomic mass is 10.0. The highest BCUT2D eigenvalue weighted by molar-refractivity contribution is 7.93. The van der Waals surface area contributed by atoms with Crippen LogP contribution in [0.5, 0.6) is 0 Å². The van der Waals surface area contributed by atoms with Gasteiger partial charge in [0.05, 0.1) is 10.6 Å². The summed E-state index contributed by atoms with van der Waals surface area (Å²) >= 11 is 0. The Morgan fingerprint density at radius 1 is 0.966 bits per heavy atom. The number of nitrogens with one attached hydrogen (secondary N) is 1. The fraction of sp³-hybridized carbons (Fsp3) is 0.0952. The summed E-state index contributed by atoms with van der Waals surface area (Å²) in [6.07, 6.45) is 0. The van der Waals surface area contributed by atoms with E-state index < -0.39 is 34.1 Å². The third-order valence-electron chi connectivity index (χ3n) is 4.66. The minimum Gasteiger partial charge on any atom is -0.324 e. The highest BCUT2D eigenvalue weighted by Crippen LogP contribution is 2.43. The number of halogens is 2. The molecule has 0 fully saturated rings. The smallest absolute Gasteiger partial charge is 0.265 e. The van der Waals surface area contributed by atoms with E-state index in [1.165, 1.54) is 12.1 Å². The maximum absolute atomic E-state index is 13.4. The van der Waals surface area contributed by atoms with Crippen molar-refractivity contribution in [2.45, 2.75) is 11.8 Å². The minimum absolute atomic E-state index is 0.0350. The van der Waals surface area contributed by atoms with Gasteiger partial charge in [0.15, 0.2) is 11.6 Å². The van der Waals surface area contributed by atoms with Crippen LogP contribution >= 0.6 is 0 Å². The van der Waals surface area contributed by atoms with Crippen LogP contribution < -0.4 is 9.62 Å². The summed E-state index contributed by atoms with van der Waals surface area (Å²) in [6.45, 7) is 1.39. The number of benzene rings is 3. The number of hydrogen-bond acceptors (Lipinski definition) is 3. The van der Waals surface area contributed by atoms with E-state index in [-0.39, 0.29) is 10.6 Å². The standard InChI is InChI=1S/C21H16F2N2O3S/c1-13-6-9-19-16(10-13)15-4-2-3-5-20(15)29(27,28)25(19)12-21(26)24-14-7-8-17(22)18(23)11-14/h2-11H,12H2,1H3,(H,24,26). The number of nitrogens with zero attached hydrogens (tertiary/aromatic N) is 1. The summed E-state index contributed by atoms with van der Waals surface area (Å²) in [4.78, 5) is 12.6. The Kier molecular flexibility index (Phi) is 4.58. The SMILES string of the molecule is Cc1ccc2c(c1)-c1ccccc1S(=O)(=O)N2CC(=O)Nc1ccc(F)c(F)c1. The first-order valence-corrected chi connectivity index (χ1v) is 10.2. The molecule has 1 amide bonds. The molecular weight excluding hydrogens is 398 g/mol. The number of anilines is 2. The van der Waals surface area contributed by atoms with Crippen LogP contribution in [0.1, 0.15) is 5.56 Å². The lowest BCUT2D eigenvalue weighted by molar-refractivity contribution is -0.114. The zero-order valence-electron chi connectivity index (χ0n) is 15.3. The fourth-order valence-electron chi connectivity index (χ4n) is 3.32. The Balaban J connectivity index is 1.72. The van der Waals surface area contributed by atoms with Crippen molar-refractivity contribution in [3.05, 3.63) is 77.9 Å². The average Bonchev–Trinajstić information content (AvgIpc) is 2.68. The highest BCUT2D eigenvalue weighted by Gasteiger charge is 2.35. The van der Waals surface area contributed by atoms with Crippen LogP contribution in [0, 0.1) is 18.6 Å². The zero-order valence-corrected chi connectivity index (χ0v) is 16.1. The molecule has 3 aromatic rings. The molecule has 8 heteroatoms. The van der Waals surface area contributed by atoms with Crippen molar-refractivity contribution < 1.29 is 22.0 Å². The number of rotatable bonds is 3. The molecule has 0 bridgehead atoms. The zero-order chi connectivity index (χ0) is 20.8. The molecule has 3 aromatic carbocycles. The van der Waals surface area contributed by atoms with Crippen molar-refractivity contribution in [1.29, 1.82) is 0 Å². The summed E-state index contributed by atoms with van der Waals surface area (Å²) in [5.74, 6) is -2.82. The maximum atomic E-state index is 13.4. The van der Waals surface area contributed by atoms with E-state index in [0.717, 1.165) is 22.0 Å². The normalized spacial score (nSPS) is 14.1. The van der Waals surface area contributed by atoms with Gasteiger partial charge in [-0.2, -0.15) is 0 Å². The van der Waals surface area contributed by atoms with Crippen LogP contribution in [0.2, 0.25) is 0 Å². The molecule has 0 aliphatic carbocycles. The molecule has 1 aliphatic heterocycles. The van der Waals surface area contributed by atoms with Gasteiger partial charge in [-0.05, 0) is 37.3 Å². The fourth-order valence-corrected chi connectivity index (χ4v) is 4.97. The predicted molar refractivity (Wildman–Crippen MR) is 106 cm³/mol. The van der Waals surface area contributed by atoms with Gasteiger partial charge in [-0.25, -0.2) is 17.2 Å². The second-order valence-electron chi connectivity index (χ2n) is 6.71. The molecule has 0 saturated heterocycles. The third-order valence-corrected chi connectivity index (χ3v) is 6.47. The number of carbonyl (C=O) groups excluding carboxylic acids is 1. The Hall–Kier alpha value is -3.26. The van der Waals surface area contributed by atoms with Crippen LogP contribution in [0.4, 0.5) is 20.2 Å². The van der Waals surface area contributed by atoms with Gasteiger partial charge in [0.2, 0.25) is 5.91 Å². The average molecular weight is 414 g/mol. The molecular formula is C21H16F2N2O3S. The molecule has 0 spiro atoms. The predicted octanol–water partition coefficient (Wildman–Crippen LogP) is 4.09. The summed E-state index contributed by atoms with van der Waals surface area (Å²) in [5.41, 5.74) is 2.64. The first-order chi connectivity index (χ1) is 13.8. The van der Waals surface area contributed by atoms with Gasteiger partial charge < -0.3 is 5.32 Å². The van der Waals surface area contributed by atoms with Crippen LogP contribution in [-0.2, 0) is 14.8 Å². The summed E-state index contributed by atoms with van der Waals surface area (Å²) in [6, 6.07) is 14.8. The third kappa shape index (κ3) is 3.36. The van der Waals surface area contributed by atoms with Gasteiger partial charge in [0.25, 0.3) is 10.0 Å². The Labute approximate surface area is 166 Å². The van der Waals surface area contributed by atoms with Gasteiger partial charge in [-0.1, -0.05) is 29.8 Å². The molecule has 0 atom stereocenters. The second-order valence-corrected chi connectivity index (χ2v) is 8.54. The van der Waals surface area contributed by atoms with E-state index in [0.29, 0.717) is 16.8 Å². The molecule has 0 unspecified atom stereocenters. The van der Waals surface area contributed by atoms with E-state index in [9.17, 15) is 22.0 Å². The summed E-state index contributed by atoms with van der Waals surface area (Å²) < 4.78 is 53.8. The van der Waals surface area contributed by atoms with Gasteiger partial charge in [-0.3, -0.25) is 9.10 Å². The van der Waals surface area contributed by atoms with E-state index >= 15 is 0 Å². The molecule has 0 radical (unpaired) electrons. The van der Waals surface area contributed by atoms with Gasteiger partial charge >= 0.3 is 0 Å². The van der Waals surface area contributed by atoms with Crippen LogP contribution in [0.15, 0.2) is 65.6 Å². The van der Waals surface area contributed by atoms with Gasteiger partial charge in [0, 0.05) is 22.9 Å². The van der Waals surface area contributed by atoms with Crippen molar-refractivity contribution in [3.63, 3.8) is 0 Å². The molecule has 148 valence electrons. The lowest BCUT2D eigenvalue weighted by Gasteiger charge is -2.31. The first kappa shape index (κ1) is 19.1. The molecule has 1 heterocycles. The van der Waals surface area contributed by atoms with E-state index in [1.54, 1.807) is 30.3 Å². The molecule has 1 N–H and O–H groups in total. The highest BCUT2D eigenvalue weighted by atomic mass is 32.2. The summed E-state index contributed by atoms with van der Waals surface area (Å²) in [5, 5.41) is 2.41. The van der Waals surface area contributed by atoms with Crippen LogP contribution in [0.25, 0.3) is 11.1 Å². The number of fused-ring (bicyclic) bond motifs is 3. The number of amides is 1. The number of sulfonamides is 1. The molecule has 29 heavy (non-hydrogen) atoms. The molecule has 5 nitrogen and oxygen atoms in total. The van der Waals surface area contributed by atoms with E-state index in [4.69, 9.17) is 0 Å².